The van der Waals surface area contributed by atoms with E-state index in [4.69, 9.17) is 0 Å². The molecule has 0 spiro atoms. The largest absolute Gasteiger partial charge is 0.335 e. The number of piperidine rings is 1. The Morgan fingerprint density at radius 2 is 1.81 bits per heavy atom. The van der Waals surface area contributed by atoms with E-state index in [1.54, 1.807) is 0 Å². The van der Waals surface area contributed by atoms with Gasteiger partial charge in [0.1, 0.15) is 6.54 Å². The molecule has 1 fully saturated rings. The molecule has 0 unspecified atom stereocenters. The van der Waals surface area contributed by atoms with Crippen LogP contribution in [-0.4, -0.2) is 28.5 Å². The van der Waals surface area contributed by atoms with Crippen molar-refractivity contribution in [3.05, 3.63) is 65.9 Å². The Morgan fingerprint density at radius 1 is 1.00 bits per heavy atom. The maximum atomic E-state index is 12.6. The molecule has 1 aromatic heterocycles. The Hall–Kier alpha value is -2.59. The van der Waals surface area contributed by atoms with Crippen LogP contribution in [-0.2, 0) is 17.9 Å². The van der Waals surface area contributed by atoms with Crippen LogP contribution in [0.2, 0.25) is 0 Å². The van der Waals surface area contributed by atoms with Gasteiger partial charge >= 0.3 is 0 Å². The van der Waals surface area contributed by atoms with E-state index in [0.717, 1.165) is 23.4 Å². The number of fused-ring (bicyclic) bond motifs is 1. The van der Waals surface area contributed by atoms with Crippen molar-refractivity contribution in [3.8, 4) is 0 Å². The van der Waals surface area contributed by atoms with Crippen molar-refractivity contribution in [1.82, 2.24) is 9.47 Å². The molecule has 2 aromatic carbocycles. The highest BCUT2D eigenvalue weighted by Crippen LogP contribution is 2.20. The van der Waals surface area contributed by atoms with Gasteiger partial charge in [-0.15, -0.1) is 0 Å². The van der Waals surface area contributed by atoms with Gasteiger partial charge in [-0.05, 0) is 68.1 Å². The number of nitrogens with one attached hydrogen (secondary N) is 1. The highest BCUT2D eigenvalue weighted by Gasteiger charge is 2.12. The maximum Gasteiger partial charge on any atom is 0.244 e. The summed E-state index contributed by atoms with van der Waals surface area (Å²) in [4.78, 5) is 15.1. The van der Waals surface area contributed by atoms with Gasteiger partial charge in [0.15, 0.2) is 0 Å². The molecular formula is C23H27N3O. The number of amides is 1. The number of anilines is 1. The number of aromatic nitrogens is 1. The zero-order valence-corrected chi connectivity index (χ0v) is 15.9. The standard InChI is InChI=1S/C23H27N3O/c1-18-14-20-9-3-4-11-22(20)26(18)17-23(27)24-21-10-7-8-19(15-21)16-25-12-5-2-6-13-25/h3-4,7-11,14-15H,2,5-6,12-13,16-17H2,1H3,(H,24,27). The van der Waals surface area contributed by atoms with E-state index in [1.165, 1.54) is 43.3 Å². The Morgan fingerprint density at radius 3 is 2.67 bits per heavy atom. The number of hydrogen-bond donors (Lipinski definition) is 1. The van der Waals surface area contributed by atoms with Crippen LogP contribution in [0.15, 0.2) is 54.6 Å². The van der Waals surface area contributed by atoms with Crippen LogP contribution < -0.4 is 5.32 Å². The second-order valence-electron chi connectivity index (χ2n) is 7.52. The monoisotopic (exact) mass is 361 g/mol. The Balaban J connectivity index is 1.43. The number of aryl methyl sites for hydroxylation is 1. The summed E-state index contributed by atoms with van der Waals surface area (Å²) in [5, 5.41) is 4.24. The average Bonchev–Trinajstić information content (AvgIpc) is 2.98. The molecule has 27 heavy (non-hydrogen) atoms. The van der Waals surface area contributed by atoms with E-state index in [0.29, 0.717) is 6.54 Å². The molecule has 1 aliphatic rings. The fourth-order valence-electron chi connectivity index (χ4n) is 4.03. The lowest BCUT2D eigenvalue weighted by Crippen LogP contribution is -2.29. The van der Waals surface area contributed by atoms with Crippen molar-refractivity contribution in [2.75, 3.05) is 18.4 Å². The molecular weight excluding hydrogens is 334 g/mol. The fraction of sp³-hybridized carbons (Fsp3) is 0.348. The predicted molar refractivity (Wildman–Crippen MR) is 111 cm³/mol. The van der Waals surface area contributed by atoms with E-state index >= 15 is 0 Å². The Kier molecular flexibility index (Phi) is 5.26. The van der Waals surface area contributed by atoms with Crippen LogP contribution >= 0.6 is 0 Å². The maximum absolute atomic E-state index is 12.6. The number of carbonyl (C=O) groups excluding carboxylic acids is 1. The van der Waals surface area contributed by atoms with Crippen LogP contribution in [0.5, 0.6) is 0 Å². The lowest BCUT2D eigenvalue weighted by Gasteiger charge is -2.26. The van der Waals surface area contributed by atoms with Crippen LogP contribution in [0.3, 0.4) is 0 Å². The molecule has 0 aliphatic carbocycles. The lowest BCUT2D eigenvalue weighted by atomic mass is 10.1. The zero-order chi connectivity index (χ0) is 18.6. The molecule has 0 atom stereocenters. The molecule has 140 valence electrons. The highest BCUT2D eigenvalue weighted by atomic mass is 16.1. The molecule has 1 amide bonds. The van der Waals surface area contributed by atoms with Gasteiger partial charge < -0.3 is 9.88 Å². The molecule has 0 saturated carbocycles. The summed E-state index contributed by atoms with van der Waals surface area (Å²) in [6, 6.07) is 18.6. The van der Waals surface area contributed by atoms with E-state index < -0.39 is 0 Å². The summed E-state index contributed by atoms with van der Waals surface area (Å²) in [5.41, 5.74) is 4.34. The number of nitrogens with zero attached hydrogens (tertiary/aromatic N) is 2. The Labute approximate surface area is 160 Å². The van der Waals surface area contributed by atoms with Crippen LogP contribution in [0.25, 0.3) is 10.9 Å². The van der Waals surface area contributed by atoms with Crippen molar-refractivity contribution in [3.63, 3.8) is 0 Å². The summed E-state index contributed by atoms with van der Waals surface area (Å²) in [7, 11) is 0. The second-order valence-corrected chi connectivity index (χ2v) is 7.52. The number of benzene rings is 2. The molecule has 4 nitrogen and oxygen atoms in total. The van der Waals surface area contributed by atoms with E-state index in [-0.39, 0.29) is 5.91 Å². The number of rotatable bonds is 5. The molecule has 0 bridgehead atoms. The van der Waals surface area contributed by atoms with Crippen molar-refractivity contribution in [2.24, 2.45) is 0 Å². The number of para-hydroxylation sites is 1. The summed E-state index contributed by atoms with van der Waals surface area (Å²) < 4.78 is 2.07. The van der Waals surface area contributed by atoms with Gasteiger partial charge in [0.2, 0.25) is 5.91 Å². The minimum atomic E-state index is 0.00887. The highest BCUT2D eigenvalue weighted by molar-refractivity contribution is 5.92. The molecule has 4 heteroatoms. The number of likely N-dealkylation sites (tertiary alicyclic amines) is 1. The third-order valence-electron chi connectivity index (χ3n) is 5.39. The molecule has 1 saturated heterocycles. The molecule has 0 radical (unpaired) electrons. The molecule has 2 heterocycles. The van der Waals surface area contributed by atoms with Gasteiger partial charge in [-0.3, -0.25) is 9.69 Å². The number of carbonyl (C=O) groups is 1. The first-order chi connectivity index (χ1) is 13.2. The van der Waals surface area contributed by atoms with Gasteiger partial charge in [0.05, 0.1) is 0 Å². The first-order valence-corrected chi connectivity index (χ1v) is 9.85. The quantitative estimate of drug-likeness (QED) is 0.722. The minimum absolute atomic E-state index is 0.00887. The summed E-state index contributed by atoms with van der Waals surface area (Å²) in [5.74, 6) is 0.00887. The first kappa shape index (κ1) is 17.8. The van der Waals surface area contributed by atoms with E-state index in [9.17, 15) is 4.79 Å². The summed E-state index contributed by atoms with van der Waals surface area (Å²) in [6.45, 7) is 5.69. The topological polar surface area (TPSA) is 37.3 Å². The summed E-state index contributed by atoms with van der Waals surface area (Å²) >= 11 is 0. The Bertz CT molecular complexity index is 938. The van der Waals surface area contributed by atoms with Crippen LogP contribution in [0.1, 0.15) is 30.5 Å². The fourth-order valence-corrected chi connectivity index (χ4v) is 4.03. The van der Waals surface area contributed by atoms with Crippen molar-refractivity contribution in [1.29, 1.82) is 0 Å². The third kappa shape index (κ3) is 4.22. The van der Waals surface area contributed by atoms with Gasteiger partial charge in [0.25, 0.3) is 0 Å². The van der Waals surface area contributed by atoms with Crippen molar-refractivity contribution < 1.29 is 4.79 Å². The van der Waals surface area contributed by atoms with Gasteiger partial charge in [-0.2, -0.15) is 0 Å². The van der Waals surface area contributed by atoms with E-state index in [2.05, 4.69) is 45.1 Å². The third-order valence-corrected chi connectivity index (χ3v) is 5.39. The van der Waals surface area contributed by atoms with Gasteiger partial charge in [-0.25, -0.2) is 0 Å². The van der Waals surface area contributed by atoms with Crippen LogP contribution in [0.4, 0.5) is 5.69 Å². The molecule has 3 aromatic rings. The zero-order valence-electron chi connectivity index (χ0n) is 15.9. The van der Waals surface area contributed by atoms with Crippen LogP contribution in [0, 0.1) is 6.92 Å². The lowest BCUT2D eigenvalue weighted by molar-refractivity contribution is -0.116. The minimum Gasteiger partial charge on any atom is -0.335 e. The predicted octanol–water partition coefficient (Wildman–Crippen LogP) is 4.57. The smallest absolute Gasteiger partial charge is 0.244 e. The second kappa shape index (κ2) is 7.97. The molecule has 1 aliphatic heterocycles. The summed E-state index contributed by atoms with van der Waals surface area (Å²) in [6.07, 6.45) is 3.93. The average molecular weight is 361 g/mol. The first-order valence-electron chi connectivity index (χ1n) is 9.85. The number of hydrogen-bond acceptors (Lipinski definition) is 2. The van der Waals surface area contributed by atoms with Gasteiger partial charge in [-0.1, -0.05) is 36.8 Å². The van der Waals surface area contributed by atoms with Gasteiger partial charge in [0, 0.05) is 23.4 Å². The van der Waals surface area contributed by atoms with Crippen molar-refractivity contribution in [2.45, 2.75) is 39.3 Å². The van der Waals surface area contributed by atoms with E-state index in [1.807, 2.05) is 31.2 Å². The van der Waals surface area contributed by atoms with Crippen molar-refractivity contribution >= 4 is 22.5 Å². The molecule has 4 rings (SSSR count). The SMILES string of the molecule is Cc1cc2ccccc2n1CC(=O)Nc1cccc(CN2CCCCC2)c1. The molecule has 1 N–H and O–H groups in total. The normalized spacial score (nSPS) is 15.1.